The minimum absolute atomic E-state index is 0.0932. The Bertz CT molecular complexity index is 603. The molecule has 1 aliphatic heterocycles. The average molecular weight is 242 g/mol. The first kappa shape index (κ1) is 11.0. The van der Waals surface area contributed by atoms with Gasteiger partial charge in [0.05, 0.1) is 0 Å². The van der Waals surface area contributed by atoms with Gasteiger partial charge in [0.2, 0.25) is 0 Å². The molecule has 3 rings (SSSR count). The Balaban J connectivity index is 2.00. The maximum absolute atomic E-state index is 12.4. The molecule has 1 aromatic carbocycles. The third kappa shape index (κ3) is 1.61. The number of anilines is 1. The summed E-state index contributed by atoms with van der Waals surface area (Å²) in [5.74, 6) is 0.419. The Labute approximate surface area is 105 Å². The fraction of sp³-hybridized carbons (Fsp3) is 0.286. The van der Waals surface area contributed by atoms with Crippen LogP contribution in [0.3, 0.4) is 0 Å². The van der Waals surface area contributed by atoms with E-state index < -0.39 is 0 Å². The van der Waals surface area contributed by atoms with Crippen LogP contribution in [0.5, 0.6) is 0 Å². The summed E-state index contributed by atoms with van der Waals surface area (Å²) in [5, 5.41) is 0. The molecule has 0 radical (unpaired) electrons. The molecule has 2 aromatic rings. The molecule has 1 aromatic heterocycles. The third-order valence-corrected chi connectivity index (χ3v) is 3.26. The third-order valence-electron chi connectivity index (χ3n) is 3.26. The number of oxazole rings is 1. The van der Waals surface area contributed by atoms with E-state index in [4.69, 9.17) is 4.42 Å². The van der Waals surface area contributed by atoms with Gasteiger partial charge in [0, 0.05) is 18.7 Å². The predicted octanol–water partition coefficient (Wildman–Crippen LogP) is 2.57. The van der Waals surface area contributed by atoms with E-state index in [1.54, 1.807) is 11.8 Å². The van der Waals surface area contributed by atoms with Crippen LogP contribution in [0.2, 0.25) is 0 Å². The summed E-state index contributed by atoms with van der Waals surface area (Å²) in [4.78, 5) is 18.3. The Hall–Kier alpha value is -2.10. The number of aryl methyl sites for hydroxylation is 1. The van der Waals surface area contributed by atoms with Crippen molar-refractivity contribution in [1.29, 1.82) is 0 Å². The molecule has 1 amide bonds. The van der Waals surface area contributed by atoms with Crippen molar-refractivity contribution in [3.05, 3.63) is 47.7 Å². The molecule has 1 aliphatic rings. The van der Waals surface area contributed by atoms with Gasteiger partial charge >= 0.3 is 0 Å². The molecule has 0 fully saturated rings. The first-order valence-electron chi connectivity index (χ1n) is 6.00. The van der Waals surface area contributed by atoms with Gasteiger partial charge in [-0.05, 0) is 25.0 Å². The van der Waals surface area contributed by atoms with Crippen LogP contribution in [-0.4, -0.2) is 16.9 Å². The van der Waals surface area contributed by atoms with Gasteiger partial charge in [-0.2, -0.15) is 0 Å². The predicted molar refractivity (Wildman–Crippen MR) is 67.7 cm³/mol. The molecule has 0 saturated carbocycles. The fourth-order valence-corrected chi connectivity index (χ4v) is 2.46. The minimum Gasteiger partial charge on any atom is -0.448 e. The Kier molecular flexibility index (Phi) is 2.44. The molecule has 92 valence electrons. The zero-order valence-electron chi connectivity index (χ0n) is 10.4. The van der Waals surface area contributed by atoms with Crippen molar-refractivity contribution in [2.45, 2.75) is 26.3 Å². The average Bonchev–Trinajstić information content (AvgIpc) is 2.91. The van der Waals surface area contributed by atoms with Crippen LogP contribution in [0, 0.1) is 6.92 Å². The number of carbonyl (C=O) groups is 1. The Morgan fingerprint density at radius 1 is 1.44 bits per heavy atom. The first-order chi connectivity index (χ1) is 8.66. The van der Waals surface area contributed by atoms with Crippen molar-refractivity contribution >= 4 is 11.6 Å². The fourth-order valence-electron chi connectivity index (χ4n) is 2.46. The zero-order valence-corrected chi connectivity index (χ0v) is 10.4. The number of para-hydroxylation sites is 1. The molecule has 4 nitrogen and oxygen atoms in total. The van der Waals surface area contributed by atoms with Gasteiger partial charge in [0.25, 0.3) is 5.91 Å². The topological polar surface area (TPSA) is 46.3 Å². The quantitative estimate of drug-likeness (QED) is 0.772. The van der Waals surface area contributed by atoms with Crippen molar-refractivity contribution in [2.24, 2.45) is 0 Å². The number of aromatic nitrogens is 1. The number of amides is 1. The molecule has 0 aliphatic carbocycles. The van der Waals surface area contributed by atoms with Gasteiger partial charge in [-0.3, -0.25) is 4.79 Å². The van der Waals surface area contributed by atoms with E-state index in [1.807, 2.05) is 25.1 Å². The van der Waals surface area contributed by atoms with Gasteiger partial charge in [-0.1, -0.05) is 18.2 Å². The molecule has 0 saturated heterocycles. The van der Waals surface area contributed by atoms with Crippen LogP contribution in [0.1, 0.15) is 28.9 Å². The van der Waals surface area contributed by atoms with E-state index in [-0.39, 0.29) is 11.9 Å². The van der Waals surface area contributed by atoms with E-state index in [2.05, 4.69) is 11.1 Å². The second kappa shape index (κ2) is 3.98. The zero-order chi connectivity index (χ0) is 12.7. The van der Waals surface area contributed by atoms with Crippen LogP contribution >= 0.6 is 0 Å². The molecule has 18 heavy (non-hydrogen) atoms. The van der Waals surface area contributed by atoms with E-state index in [1.165, 1.54) is 11.8 Å². The van der Waals surface area contributed by atoms with Crippen LogP contribution < -0.4 is 4.90 Å². The maximum Gasteiger partial charge on any atom is 0.280 e. The van der Waals surface area contributed by atoms with Crippen molar-refractivity contribution in [2.75, 3.05) is 4.90 Å². The van der Waals surface area contributed by atoms with Crippen LogP contribution in [0.15, 0.2) is 34.9 Å². The lowest BCUT2D eigenvalue weighted by molar-refractivity contribution is 0.0976. The SMILES string of the molecule is Cc1nc(C(=O)N2c3ccccc3C[C@@H]2C)co1. The van der Waals surface area contributed by atoms with Crippen molar-refractivity contribution in [1.82, 2.24) is 4.98 Å². The summed E-state index contributed by atoms with van der Waals surface area (Å²) in [6.45, 7) is 3.78. The summed E-state index contributed by atoms with van der Waals surface area (Å²) >= 11 is 0. The lowest BCUT2D eigenvalue weighted by Gasteiger charge is -2.21. The highest BCUT2D eigenvalue weighted by Crippen LogP contribution is 2.32. The monoisotopic (exact) mass is 242 g/mol. The van der Waals surface area contributed by atoms with Crippen molar-refractivity contribution in [3.63, 3.8) is 0 Å². The molecular formula is C14H14N2O2. The van der Waals surface area contributed by atoms with E-state index >= 15 is 0 Å². The molecule has 4 heteroatoms. The first-order valence-corrected chi connectivity index (χ1v) is 6.00. The number of hydrogen-bond donors (Lipinski definition) is 0. The second-order valence-electron chi connectivity index (χ2n) is 4.61. The summed E-state index contributed by atoms with van der Waals surface area (Å²) in [6, 6.07) is 8.15. The molecule has 0 unspecified atom stereocenters. The number of carbonyl (C=O) groups excluding carboxylic acids is 1. The van der Waals surface area contributed by atoms with Crippen molar-refractivity contribution in [3.8, 4) is 0 Å². The van der Waals surface area contributed by atoms with Crippen molar-refractivity contribution < 1.29 is 9.21 Å². The second-order valence-corrected chi connectivity index (χ2v) is 4.61. The molecule has 0 N–H and O–H groups in total. The smallest absolute Gasteiger partial charge is 0.280 e. The number of rotatable bonds is 1. The number of nitrogens with zero attached hydrogens (tertiary/aromatic N) is 2. The van der Waals surface area contributed by atoms with E-state index in [0.29, 0.717) is 11.6 Å². The summed E-state index contributed by atoms with van der Waals surface area (Å²) in [5.41, 5.74) is 2.56. The highest BCUT2D eigenvalue weighted by atomic mass is 16.3. The molecule has 2 heterocycles. The van der Waals surface area contributed by atoms with Crippen LogP contribution in [-0.2, 0) is 6.42 Å². The van der Waals surface area contributed by atoms with Gasteiger partial charge in [0.1, 0.15) is 6.26 Å². The normalized spacial score (nSPS) is 17.9. The van der Waals surface area contributed by atoms with Gasteiger partial charge in [-0.15, -0.1) is 0 Å². The lowest BCUT2D eigenvalue weighted by Crippen LogP contribution is -2.35. The van der Waals surface area contributed by atoms with E-state index in [9.17, 15) is 4.79 Å². The number of benzene rings is 1. The Morgan fingerprint density at radius 2 is 2.22 bits per heavy atom. The van der Waals surface area contributed by atoms with Crippen LogP contribution in [0.4, 0.5) is 5.69 Å². The highest BCUT2D eigenvalue weighted by molar-refractivity contribution is 6.06. The molecule has 0 spiro atoms. The standard InChI is InChI=1S/C14H14N2O2/c1-9-7-11-5-3-4-6-13(11)16(9)14(17)12-8-18-10(2)15-12/h3-6,8-9H,7H2,1-2H3/t9-/m0/s1. The summed E-state index contributed by atoms with van der Waals surface area (Å²) < 4.78 is 5.11. The van der Waals surface area contributed by atoms with Gasteiger partial charge in [-0.25, -0.2) is 4.98 Å². The highest BCUT2D eigenvalue weighted by Gasteiger charge is 2.32. The number of hydrogen-bond acceptors (Lipinski definition) is 3. The number of fused-ring (bicyclic) bond motifs is 1. The molecule has 1 atom stereocenters. The van der Waals surface area contributed by atoms with Gasteiger partial charge < -0.3 is 9.32 Å². The maximum atomic E-state index is 12.4. The minimum atomic E-state index is -0.0932. The molecule has 0 bridgehead atoms. The van der Waals surface area contributed by atoms with Gasteiger partial charge in [0.15, 0.2) is 11.6 Å². The van der Waals surface area contributed by atoms with E-state index in [0.717, 1.165) is 12.1 Å². The van der Waals surface area contributed by atoms with Crippen LogP contribution in [0.25, 0.3) is 0 Å². The lowest BCUT2D eigenvalue weighted by atomic mass is 10.1. The summed E-state index contributed by atoms with van der Waals surface area (Å²) in [7, 11) is 0. The largest absolute Gasteiger partial charge is 0.448 e. The molecular weight excluding hydrogens is 228 g/mol. The Morgan fingerprint density at radius 3 is 2.94 bits per heavy atom. The summed E-state index contributed by atoms with van der Waals surface area (Å²) in [6.07, 6.45) is 2.31.